The van der Waals surface area contributed by atoms with Crippen LogP contribution in [0, 0.1) is 11.3 Å². The number of nitrogens with zero attached hydrogens (tertiary/aromatic N) is 1. The zero-order chi connectivity index (χ0) is 18.9. The number of carbonyl (C=O) groups is 2. The van der Waals surface area contributed by atoms with Crippen LogP contribution in [-0.2, 0) is 13.0 Å². The van der Waals surface area contributed by atoms with E-state index in [1.807, 2.05) is 26.0 Å². The zero-order valence-electron chi connectivity index (χ0n) is 15.1. The zero-order valence-corrected chi connectivity index (χ0v) is 15.1. The van der Waals surface area contributed by atoms with Gasteiger partial charge in [-0.25, -0.2) is 0 Å². The molecule has 26 heavy (non-hydrogen) atoms. The average Bonchev–Trinajstić information content (AvgIpc) is 2.67. The van der Waals surface area contributed by atoms with E-state index in [-0.39, 0.29) is 17.9 Å². The highest BCUT2D eigenvalue weighted by atomic mass is 16.2. The number of rotatable bonds is 7. The van der Waals surface area contributed by atoms with Gasteiger partial charge in [0, 0.05) is 23.7 Å². The average molecular weight is 349 g/mol. The topological polar surface area (TPSA) is 82.0 Å². The molecule has 5 nitrogen and oxygen atoms in total. The molecule has 0 bridgehead atoms. The molecule has 2 aromatic carbocycles. The number of nitrogens with one attached hydrogen (secondary N) is 2. The van der Waals surface area contributed by atoms with Gasteiger partial charge in [-0.3, -0.25) is 9.59 Å². The minimum atomic E-state index is -0.174. The van der Waals surface area contributed by atoms with Crippen molar-refractivity contribution in [2.75, 3.05) is 0 Å². The van der Waals surface area contributed by atoms with E-state index in [1.165, 1.54) is 0 Å². The molecule has 2 amide bonds. The van der Waals surface area contributed by atoms with Gasteiger partial charge in [-0.2, -0.15) is 5.26 Å². The van der Waals surface area contributed by atoms with Crippen molar-refractivity contribution in [1.29, 1.82) is 5.26 Å². The van der Waals surface area contributed by atoms with Crippen LogP contribution in [0.1, 0.15) is 52.1 Å². The van der Waals surface area contributed by atoms with E-state index in [0.29, 0.717) is 24.1 Å². The van der Waals surface area contributed by atoms with Gasteiger partial charge in [0.1, 0.15) is 0 Å². The Morgan fingerprint density at radius 2 is 1.50 bits per heavy atom. The lowest BCUT2D eigenvalue weighted by Gasteiger charge is -2.11. The second-order valence-corrected chi connectivity index (χ2v) is 6.19. The van der Waals surface area contributed by atoms with Crippen molar-refractivity contribution in [3.8, 4) is 6.07 Å². The summed E-state index contributed by atoms with van der Waals surface area (Å²) in [5.41, 5.74) is 2.96. The summed E-state index contributed by atoms with van der Waals surface area (Å²) in [4.78, 5) is 24.2. The second-order valence-electron chi connectivity index (χ2n) is 6.19. The van der Waals surface area contributed by atoms with Crippen LogP contribution >= 0.6 is 0 Å². The molecule has 0 aliphatic rings. The number of hydrogen-bond acceptors (Lipinski definition) is 3. The number of amides is 2. The summed E-state index contributed by atoms with van der Waals surface area (Å²) < 4.78 is 0. The van der Waals surface area contributed by atoms with Gasteiger partial charge in [0.05, 0.1) is 12.5 Å². The molecule has 5 heteroatoms. The van der Waals surface area contributed by atoms with Crippen LogP contribution in [0.25, 0.3) is 0 Å². The van der Waals surface area contributed by atoms with Crippen LogP contribution in [0.5, 0.6) is 0 Å². The molecule has 0 aliphatic carbocycles. The van der Waals surface area contributed by atoms with E-state index in [1.54, 1.807) is 36.4 Å². The molecule has 2 N–H and O–H groups in total. The van der Waals surface area contributed by atoms with Crippen molar-refractivity contribution in [2.45, 2.75) is 39.3 Å². The highest BCUT2D eigenvalue weighted by Crippen LogP contribution is 2.08. The normalized spacial score (nSPS) is 11.3. The summed E-state index contributed by atoms with van der Waals surface area (Å²) >= 11 is 0. The van der Waals surface area contributed by atoms with Gasteiger partial charge >= 0.3 is 0 Å². The van der Waals surface area contributed by atoms with E-state index in [2.05, 4.69) is 16.7 Å². The molecule has 0 spiro atoms. The van der Waals surface area contributed by atoms with Crippen LogP contribution in [0.15, 0.2) is 48.5 Å². The first-order valence-electron chi connectivity index (χ1n) is 8.67. The summed E-state index contributed by atoms with van der Waals surface area (Å²) in [6.07, 6.45) is 1.21. The summed E-state index contributed by atoms with van der Waals surface area (Å²) in [5.74, 6) is -0.264. The van der Waals surface area contributed by atoms with Gasteiger partial charge in [0.25, 0.3) is 11.8 Å². The standard InChI is InChI=1S/C21H23N3O2/c1-3-15(2)24-21(26)19-10-6-17(7-11-19)14-23-20(25)18-8-4-16(5-9-18)12-13-22/h4-11,15H,3,12,14H2,1-2H3,(H,23,25)(H,24,26). The van der Waals surface area contributed by atoms with Crippen LogP contribution in [0.2, 0.25) is 0 Å². The fourth-order valence-electron chi connectivity index (χ4n) is 2.33. The third-order valence-electron chi connectivity index (χ3n) is 4.16. The molecule has 0 heterocycles. The Balaban J connectivity index is 1.90. The largest absolute Gasteiger partial charge is 0.350 e. The fraction of sp³-hybridized carbons (Fsp3) is 0.286. The predicted molar refractivity (Wildman–Crippen MR) is 101 cm³/mol. The summed E-state index contributed by atoms with van der Waals surface area (Å²) in [7, 11) is 0. The molecule has 2 rings (SSSR count). The van der Waals surface area contributed by atoms with E-state index in [9.17, 15) is 9.59 Å². The van der Waals surface area contributed by atoms with Crippen molar-refractivity contribution in [3.63, 3.8) is 0 Å². The molecule has 0 aliphatic heterocycles. The molecular weight excluding hydrogens is 326 g/mol. The van der Waals surface area contributed by atoms with Crippen molar-refractivity contribution < 1.29 is 9.59 Å². The molecule has 0 saturated heterocycles. The number of carbonyl (C=O) groups excluding carboxylic acids is 2. The molecule has 0 fully saturated rings. The Morgan fingerprint density at radius 1 is 0.962 bits per heavy atom. The maximum Gasteiger partial charge on any atom is 0.251 e. The highest BCUT2D eigenvalue weighted by Gasteiger charge is 2.09. The maximum absolute atomic E-state index is 12.2. The van der Waals surface area contributed by atoms with E-state index in [4.69, 9.17) is 5.26 Å². The monoisotopic (exact) mass is 349 g/mol. The van der Waals surface area contributed by atoms with Gasteiger partial charge in [-0.15, -0.1) is 0 Å². The van der Waals surface area contributed by atoms with Gasteiger partial charge in [0.15, 0.2) is 0 Å². The van der Waals surface area contributed by atoms with Gasteiger partial charge in [0.2, 0.25) is 0 Å². The van der Waals surface area contributed by atoms with Crippen molar-refractivity contribution in [3.05, 3.63) is 70.8 Å². The number of nitriles is 1. The Labute approximate surface area is 154 Å². The van der Waals surface area contributed by atoms with Crippen molar-refractivity contribution in [2.24, 2.45) is 0 Å². The summed E-state index contributed by atoms with van der Waals surface area (Å²) in [5, 5.41) is 14.4. The maximum atomic E-state index is 12.2. The third-order valence-corrected chi connectivity index (χ3v) is 4.16. The van der Waals surface area contributed by atoms with Crippen LogP contribution in [0.3, 0.4) is 0 Å². The first-order chi connectivity index (χ1) is 12.5. The molecule has 0 radical (unpaired) electrons. The molecule has 0 aromatic heterocycles. The Kier molecular flexibility index (Phi) is 6.92. The Bertz CT molecular complexity index is 790. The lowest BCUT2D eigenvalue weighted by atomic mass is 10.1. The smallest absolute Gasteiger partial charge is 0.251 e. The quantitative estimate of drug-likeness (QED) is 0.805. The van der Waals surface area contributed by atoms with Gasteiger partial charge in [-0.1, -0.05) is 31.2 Å². The van der Waals surface area contributed by atoms with Crippen molar-refractivity contribution >= 4 is 11.8 Å². The minimum absolute atomic E-state index is 0.0904. The fourth-order valence-corrected chi connectivity index (χ4v) is 2.33. The Morgan fingerprint density at radius 3 is 2.04 bits per heavy atom. The lowest BCUT2D eigenvalue weighted by molar-refractivity contribution is 0.0934. The van der Waals surface area contributed by atoms with Gasteiger partial charge in [-0.05, 0) is 48.7 Å². The lowest BCUT2D eigenvalue weighted by Crippen LogP contribution is -2.31. The second kappa shape index (κ2) is 9.38. The Hall–Kier alpha value is -3.13. The SMILES string of the molecule is CCC(C)NC(=O)c1ccc(CNC(=O)c2ccc(CC#N)cc2)cc1. The third kappa shape index (κ3) is 5.45. The molecular formula is C21H23N3O2. The van der Waals surface area contributed by atoms with E-state index in [0.717, 1.165) is 17.5 Å². The van der Waals surface area contributed by atoms with Crippen LogP contribution < -0.4 is 10.6 Å². The summed E-state index contributed by atoms with van der Waals surface area (Å²) in [6.45, 7) is 4.37. The first-order valence-corrected chi connectivity index (χ1v) is 8.67. The minimum Gasteiger partial charge on any atom is -0.350 e. The van der Waals surface area contributed by atoms with Gasteiger partial charge < -0.3 is 10.6 Å². The summed E-state index contributed by atoms with van der Waals surface area (Å²) in [6, 6.07) is 16.4. The highest BCUT2D eigenvalue weighted by molar-refractivity contribution is 5.95. The van der Waals surface area contributed by atoms with Crippen LogP contribution in [-0.4, -0.2) is 17.9 Å². The number of benzene rings is 2. The molecule has 1 unspecified atom stereocenters. The molecule has 2 aromatic rings. The molecule has 1 atom stereocenters. The van der Waals surface area contributed by atoms with Crippen molar-refractivity contribution in [1.82, 2.24) is 10.6 Å². The predicted octanol–water partition coefficient (Wildman–Crippen LogP) is 3.21. The molecule has 0 saturated carbocycles. The van der Waals surface area contributed by atoms with E-state index < -0.39 is 0 Å². The first kappa shape index (κ1) is 19.2. The number of hydrogen-bond donors (Lipinski definition) is 2. The molecule has 134 valence electrons. The van der Waals surface area contributed by atoms with Crippen LogP contribution in [0.4, 0.5) is 0 Å². The van der Waals surface area contributed by atoms with E-state index >= 15 is 0 Å².